The van der Waals surface area contributed by atoms with Crippen LogP contribution < -0.4 is 6.15 Å². The third-order valence-corrected chi connectivity index (χ3v) is 0.670. The van der Waals surface area contributed by atoms with Gasteiger partial charge in [0, 0.05) is 0 Å². The second-order valence-electron chi connectivity index (χ2n) is 0.808. The van der Waals surface area contributed by atoms with E-state index in [9.17, 15) is 0 Å². The maximum atomic E-state index is 8.29. The Hall–Kier alpha value is -0.240. The third kappa shape index (κ3) is 10.7. The minimum absolute atomic E-state index is 0. The lowest BCUT2D eigenvalue weighted by Gasteiger charge is -1.87. The van der Waals surface area contributed by atoms with Crippen LogP contribution in [0.25, 0.3) is 0 Å². The molecule has 0 aliphatic heterocycles. The van der Waals surface area contributed by atoms with E-state index < -0.39 is 5.44 Å². The fourth-order valence-electron chi connectivity index (χ4n) is 0.0763. The van der Waals surface area contributed by atoms with Gasteiger partial charge in [0.2, 0.25) is 0 Å². The minimum atomic E-state index is -0.546. The quantitative estimate of drug-likeness (QED) is 0.394. The summed E-state index contributed by atoms with van der Waals surface area (Å²) in [6.07, 6.45) is 0. The van der Waals surface area contributed by atoms with Crippen molar-refractivity contribution < 1.29 is 5.11 Å². The van der Waals surface area contributed by atoms with Crippen LogP contribution in [0, 0.1) is 10.7 Å². The van der Waals surface area contributed by atoms with Crippen molar-refractivity contribution in [3.05, 3.63) is 0 Å². The second-order valence-corrected chi connectivity index (χ2v) is 1.91. The largest absolute Gasteiger partial charge is 0.382 e. The first-order chi connectivity index (χ1) is 2.77. The zero-order chi connectivity index (χ0) is 4.99. The molecule has 0 aliphatic carbocycles. The zero-order valence-corrected chi connectivity index (χ0v) is 4.90. The molecule has 42 valence electrons. The molecule has 0 aromatic rings. The number of nitrogens with zero attached hydrogens (tertiary/aromatic N) is 1. The molecule has 0 aromatic carbocycles. The van der Waals surface area contributed by atoms with Gasteiger partial charge in [-0.2, -0.15) is 5.26 Å². The van der Waals surface area contributed by atoms with Crippen LogP contribution in [0.4, 0.5) is 0 Å². The van der Waals surface area contributed by atoms with E-state index in [4.69, 9.17) is 10.4 Å². The summed E-state index contributed by atoms with van der Waals surface area (Å²) in [4.78, 5) is 0. The SMILES string of the molecule is CC(O)SC#N.N. The van der Waals surface area contributed by atoms with Crippen LogP contribution >= 0.6 is 11.8 Å². The van der Waals surface area contributed by atoms with E-state index in [0.29, 0.717) is 0 Å². The van der Waals surface area contributed by atoms with Crippen molar-refractivity contribution in [2.75, 3.05) is 0 Å². The van der Waals surface area contributed by atoms with Crippen LogP contribution in [0.3, 0.4) is 0 Å². The van der Waals surface area contributed by atoms with Gasteiger partial charge in [0.05, 0.1) is 0 Å². The van der Waals surface area contributed by atoms with Gasteiger partial charge in [-0.15, -0.1) is 0 Å². The van der Waals surface area contributed by atoms with E-state index in [1.54, 1.807) is 12.3 Å². The number of nitriles is 1. The normalized spacial score (nSPS) is 11.0. The maximum absolute atomic E-state index is 8.29. The molecule has 1 atom stereocenters. The van der Waals surface area contributed by atoms with Crippen LogP contribution in [0.2, 0.25) is 0 Å². The van der Waals surface area contributed by atoms with E-state index >= 15 is 0 Å². The molecule has 0 fully saturated rings. The summed E-state index contributed by atoms with van der Waals surface area (Å²) in [6, 6.07) is 0. The summed E-state index contributed by atoms with van der Waals surface area (Å²) in [7, 11) is 0. The highest BCUT2D eigenvalue weighted by molar-refractivity contribution is 8.04. The van der Waals surface area contributed by atoms with Gasteiger partial charge in [-0.05, 0) is 18.7 Å². The number of aliphatic hydroxyl groups is 1. The standard InChI is InChI=1S/C3H5NOS.H3N/c1-3(5)6-2-4;/h3,5H,1H3;1H3. The molecule has 0 saturated carbocycles. The molecule has 0 saturated heterocycles. The van der Waals surface area contributed by atoms with E-state index in [-0.39, 0.29) is 6.15 Å². The van der Waals surface area contributed by atoms with Crippen LogP contribution in [-0.2, 0) is 0 Å². The van der Waals surface area contributed by atoms with E-state index in [1.807, 2.05) is 0 Å². The molecule has 4 heteroatoms. The first-order valence-electron chi connectivity index (χ1n) is 1.50. The van der Waals surface area contributed by atoms with Crippen molar-refractivity contribution in [2.24, 2.45) is 0 Å². The van der Waals surface area contributed by atoms with Crippen molar-refractivity contribution in [3.8, 4) is 5.40 Å². The van der Waals surface area contributed by atoms with Gasteiger partial charge in [0.15, 0.2) is 0 Å². The Balaban J connectivity index is 0. The molecule has 1 unspecified atom stereocenters. The summed E-state index contributed by atoms with van der Waals surface area (Å²) < 4.78 is 0. The van der Waals surface area contributed by atoms with E-state index in [1.165, 1.54) is 0 Å². The van der Waals surface area contributed by atoms with Crippen molar-refractivity contribution in [1.82, 2.24) is 6.15 Å². The number of hydrogen-bond donors (Lipinski definition) is 2. The highest BCUT2D eigenvalue weighted by Gasteiger charge is 1.88. The average molecular weight is 120 g/mol. The number of hydrogen-bond acceptors (Lipinski definition) is 4. The van der Waals surface area contributed by atoms with Crippen molar-refractivity contribution in [1.29, 1.82) is 5.26 Å². The molecule has 0 radical (unpaired) electrons. The molecule has 3 nitrogen and oxygen atoms in total. The summed E-state index contributed by atoms with van der Waals surface area (Å²) in [5.74, 6) is 0. The van der Waals surface area contributed by atoms with Crippen LogP contribution in [0.1, 0.15) is 6.92 Å². The summed E-state index contributed by atoms with van der Waals surface area (Å²) in [6.45, 7) is 1.55. The molecule has 0 amide bonds. The molecule has 0 heterocycles. The van der Waals surface area contributed by atoms with Crippen LogP contribution in [0.15, 0.2) is 0 Å². The Morgan fingerprint density at radius 3 is 2.29 bits per heavy atom. The number of aliphatic hydroxyl groups excluding tert-OH is 1. The topological polar surface area (TPSA) is 79.0 Å². The maximum Gasteiger partial charge on any atom is 0.135 e. The Morgan fingerprint density at radius 1 is 1.86 bits per heavy atom. The number of thiocyanates is 1. The predicted octanol–water partition coefficient (Wildman–Crippen LogP) is 0.701. The van der Waals surface area contributed by atoms with Crippen LogP contribution in [0.5, 0.6) is 0 Å². The lowest BCUT2D eigenvalue weighted by atomic mass is 10.9. The molecular weight excluding hydrogens is 112 g/mol. The lowest BCUT2D eigenvalue weighted by Crippen LogP contribution is -1.86. The van der Waals surface area contributed by atoms with Gasteiger partial charge in [0.1, 0.15) is 10.8 Å². The van der Waals surface area contributed by atoms with E-state index in [0.717, 1.165) is 11.8 Å². The average Bonchev–Trinajstić information content (AvgIpc) is 1.35. The highest BCUT2D eigenvalue weighted by Crippen LogP contribution is 2.01. The van der Waals surface area contributed by atoms with Gasteiger partial charge >= 0.3 is 0 Å². The first kappa shape index (κ1) is 9.90. The third-order valence-electron chi connectivity index (χ3n) is 0.223. The van der Waals surface area contributed by atoms with Crippen molar-refractivity contribution in [2.45, 2.75) is 12.4 Å². The first-order valence-corrected chi connectivity index (χ1v) is 2.38. The fourth-order valence-corrected chi connectivity index (χ4v) is 0.229. The molecule has 4 N–H and O–H groups in total. The zero-order valence-electron chi connectivity index (χ0n) is 4.09. The molecule has 0 spiro atoms. The summed E-state index contributed by atoms with van der Waals surface area (Å²) >= 11 is 0.847. The van der Waals surface area contributed by atoms with Crippen LogP contribution in [-0.4, -0.2) is 10.5 Å². The molecule has 7 heavy (non-hydrogen) atoms. The van der Waals surface area contributed by atoms with E-state index in [2.05, 4.69) is 0 Å². The molecule has 0 bridgehead atoms. The Labute approximate surface area is 46.9 Å². The molecule has 0 aromatic heterocycles. The monoisotopic (exact) mass is 120 g/mol. The second kappa shape index (κ2) is 5.76. The molecule has 0 rings (SSSR count). The Morgan fingerprint density at radius 2 is 2.29 bits per heavy atom. The van der Waals surface area contributed by atoms with Crippen molar-refractivity contribution in [3.63, 3.8) is 0 Å². The number of thioether (sulfide) groups is 1. The Kier molecular flexibility index (Phi) is 8.15. The molecule has 0 aliphatic rings. The molecular formula is C3H8N2OS. The van der Waals surface area contributed by atoms with Gasteiger partial charge in [-0.1, -0.05) is 0 Å². The number of rotatable bonds is 1. The highest BCUT2D eigenvalue weighted by atomic mass is 32.2. The summed E-state index contributed by atoms with van der Waals surface area (Å²) in [5.41, 5.74) is -0.546. The van der Waals surface area contributed by atoms with Gasteiger partial charge in [0.25, 0.3) is 0 Å². The van der Waals surface area contributed by atoms with Gasteiger partial charge < -0.3 is 11.3 Å². The van der Waals surface area contributed by atoms with Crippen molar-refractivity contribution >= 4 is 11.8 Å². The van der Waals surface area contributed by atoms with Gasteiger partial charge in [-0.25, -0.2) is 0 Å². The smallest absolute Gasteiger partial charge is 0.135 e. The fraction of sp³-hybridized carbons (Fsp3) is 0.667. The predicted molar refractivity (Wildman–Crippen MR) is 29.9 cm³/mol. The lowest BCUT2D eigenvalue weighted by molar-refractivity contribution is 0.285. The summed E-state index contributed by atoms with van der Waals surface area (Å²) in [5, 5.41) is 17.8. The van der Waals surface area contributed by atoms with Gasteiger partial charge in [-0.3, -0.25) is 0 Å². The minimum Gasteiger partial charge on any atom is -0.382 e. The Bertz CT molecular complexity index is 67.8.